The lowest BCUT2D eigenvalue weighted by Crippen LogP contribution is -2.41. The second kappa shape index (κ2) is 7.14. The molecule has 122 valence electrons. The molecule has 0 saturated carbocycles. The Morgan fingerprint density at radius 2 is 2.41 bits per heavy atom. The van der Waals surface area contributed by atoms with Gasteiger partial charge in [-0.1, -0.05) is 13.8 Å². The molecular formula is C18H28N2OS. The monoisotopic (exact) mass is 320 g/mol. The van der Waals surface area contributed by atoms with Crippen LogP contribution in [0.3, 0.4) is 0 Å². The highest BCUT2D eigenvalue weighted by Gasteiger charge is 2.32. The van der Waals surface area contributed by atoms with Crippen LogP contribution in [0.2, 0.25) is 0 Å². The summed E-state index contributed by atoms with van der Waals surface area (Å²) in [6.07, 6.45) is 5.29. The first-order valence-corrected chi connectivity index (χ1v) is 9.65. The summed E-state index contributed by atoms with van der Waals surface area (Å²) in [6, 6.07) is 2.53. The predicted molar refractivity (Wildman–Crippen MR) is 92.1 cm³/mol. The number of thiophene rings is 1. The van der Waals surface area contributed by atoms with Crippen molar-refractivity contribution in [2.75, 3.05) is 19.6 Å². The second-order valence-corrected chi connectivity index (χ2v) is 7.85. The van der Waals surface area contributed by atoms with E-state index in [1.54, 1.807) is 0 Å². The summed E-state index contributed by atoms with van der Waals surface area (Å²) in [5.41, 5.74) is 1.40. The van der Waals surface area contributed by atoms with Crippen LogP contribution < -0.4 is 5.32 Å². The fourth-order valence-corrected chi connectivity index (χ4v) is 4.99. The Morgan fingerprint density at radius 1 is 1.55 bits per heavy atom. The molecule has 1 saturated heterocycles. The van der Waals surface area contributed by atoms with Crippen molar-refractivity contribution in [3.05, 3.63) is 21.9 Å². The lowest BCUT2D eigenvalue weighted by molar-refractivity contribution is -0.135. The maximum Gasteiger partial charge on any atom is 0.223 e. The van der Waals surface area contributed by atoms with Crippen molar-refractivity contribution in [1.82, 2.24) is 10.2 Å². The average molecular weight is 321 g/mol. The predicted octanol–water partition coefficient (Wildman–Crippen LogP) is 3.61. The number of carbonyl (C=O) groups is 1. The Morgan fingerprint density at radius 3 is 3.14 bits per heavy atom. The van der Waals surface area contributed by atoms with E-state index >= 15 is 0 Å². The number of carbonyl (C=O) groups excluding carboxylic acids is 1. The van der Waals surface area contributed by atoms with Gasteiger partial charge in [-0.3, -0.25) is 4.79 Å². The van der Waals surface area contributed by atoms with Crippen molar-refractivity contribution in [3.63, 3.8) is 0 Å². The molecule has 1 N–H and O–H groups in total. The smallest absolute Gasteiger partial charge is 0.223 e. The molecule has 0 aromatic carbocycles. The fraction of sp³-hybridized carbons (Fsp3) is 0.722. The molecule has 3 atom stereocenters. The Bertz CT molecular complexity index is 507. The zero-order valence-corrected chi connectivity index (χ0v) is 14.6. The SMILES string of the molecule is CCC1c2ccsc2CCN1C(=O)CC(C)C1CCCNC1. The van der Waals surface area contributed by atoms with Gasteiger partial charge in [0.25, 0.3) is 0 Å². The van der Waals surface area contributed by atoms with Crippen LogP contribution in [0.15, 0.2) is 11.4 Å². The van der Waals surface area contributed by atoms with Gasteiger partial charge < -0.3 is 10.2 Å². The van der Waals surface area contributed by atoms with E-state index in [2.05, 4.69) is 35.5 Å². The largest absolute Gasteiger partial charge is 0.335 e. The molecule has 0 aliphatic carbocycles. The summed E-state index contributed by atoms with van der Waals surface area (Å²) >= 11 is 1.85. The highest BCUT2D eigenvalue weighted by molar-refractivity contribution is 7.10. The summed E-state index contributed by atoms with van der Waals surface area (Å²) in [6.45, 7) is 7.59. The van der Waals surface area contributed by atoms with E-state index in [-0.39, 0.29) is 0 Å². The molecule has 3 rings (SSSR count). The van der Waals surface area contributed by atoms with E-state index in [4.69, 9.17) is 0 Å². The summed E-state index contributed by atoms with van der Waals surface area (Å²) in [4.78, 5) is 16.5. The standard InChI is InChI=1S/C18H28N2OS/c1-3-16-15-7-10-22-17(15)6-9-20(16)18(21)11-13(2)14-5-4-8-19-12-14/h7,10,13-14,16,19H,3-6,8-9,11-12H2,1-2H3. The summed E-state index contributed by atoms with van der Waals surface area (Å²) in [5, 5.41) is 5.65. The van der Waals surface area contributed by atoms with Gasteiger partial charge in [0.2, 0.25) is 5.91 Å². The molecule has 4 heteroatoms. The van der Waals surface area contributed by atoms with Crippen LogP contribution in [0.5, 0.6) is 0 Å². The van der Waals surface area contributed by atoms with Gasteiger partial charge in [0.05, 0.1) is 6.04 Å². The van der Waals surface area contributed by atoms with Crippen LogP contribution in [0, 0.1) is 11.8 Å². The normalized spacial score (nSPS) is 26.5. The van der Waals surface area contributed by atoms with E-state index in [0.29, 0.717) is 30.2 Å². The first-order chi connectivity index (χ1) is 10.7. The van der Waals surface area contributed by atoms with Crippen LogP contribution in [0.1, 0.15) is 56.0 Å². The van der Waals surface area contributed by atoms with Gasteiger partial charge in [0.15, 0.2) is 0 Å². The Labute approximate surface area is 138 Å². The van der Waals surface area contributed by atoms with E-state index in [1.165, 1.54) is 23.3 Å². The molecule has 22 heavy (non-hydrogen) atoms. The van der Waals surface area contributed by atoms with Crippen LogP contribution >= 0.6 is 11.3 Å². The van der Waals surface area contributed by atoms with Crippen molar-refractivity contribution < 1.29 is 4.79 Å². The van der Waals surface area contributed by atoms with Gasteiger partial charge in [-0.05, 0) is 67.6 Å². The van der Waals surface area contributed by atoms with Gasteiger partial charge >= 0.3 is 0 Å². The van der Waals surface area contributed by atoms with Crippen LogP contribution in [0.4, 0.5) is 0 Å². The van der Waals surface area contributed by atoms with E-state index < -0.39 is 0 Å². The lowest BCUT2D eigenvalue weighted by atomic mass is 9.84. The number of fused-ring (bicyclic) bond motifs is 1. The Balaban J connectivity index is 1.64. The number of nitrogens with one attached hydrogen (secondary N) is 1. The molecule has 0 spiro atoms. The van der Waals surface area contributed by atoms with Crippen molar-refractivity contribution in [1.29, 1.82) is 0 Å². The highest BCUT2D eigenvalue weighted by Crippen LogP contribution is 2.36. The second-order valence-electron chi connectivity index (χ2n) is 6.85. The quantitative estimate of drug-likeness (QED) is 0.919. The third kappa shape index (κ3) is 3.23. The van der Waals surface area contributed by atoms with Crippen molar-refractivity contribution in [2.45, 2.75) is 52.0 Å². The minimum absolute atomic E-state index is 0.305. The highest BCUT2D eigenvalue weighted by atomic mass is 32.1. The fourth-order valence-electron chi connectivity index (χ4n) is 4.06. The number of hydrogen-bond acceptors (Lipinski definition) is 3. The first kappa shape index (κ1) is 16.0. The average Bonchev–Trinajstić information content (AvgIpc) is 3.03. The Hall–Kier alpha value is -0.870. The van der Waals surface area contributed by atoms with Crippen LogP contribution in [-0.2, 0) is 11.2 Å². The molecular weight excluding hydrogens is 292 g/mol. The molecule has 1 aromatic heterocycles. The maximum absolute atomic E-state index is 12.9. The number of amides is 1. The zero-order valence-electron chi connectivity index (χ0n) is 13.8. The van der Waals surface area contributed by atoms with E-state index in [0.717, 1.165) is 32.5 Å². The van der Waals surface area contributed by atoms with E-state index in [1.807, 2.05) is 11.3 Å². The van der Waals surface area contributed by atoms with Crippen LogP contribution in [0.25, 0.3) is 0 Å². The molecule has 2 aliphatic heterocycles. The number of hydrogen-bond donors (Lipinski definition) is 1. The molecule has 1 amide bonds. The van der Waals surface area contributed by atoms with Crippen molar-refractivity contribution in [2.24, 2.45) is 11.8 Å². The molecule has 2 aliphatic rings. The molecule has 3 unspecified atom stereocenters. The topological polar surface area (TPSA) is 32.3 Å². The molecule has 1 aromatic rings. The molecule has 0 bridgehead atoms. The molecule has 3 heterocycles. The van der Waals surface area contributed by atoms with Gasteiger partial charge in [0.1, 0.15) is 0 Å². The molecule has 3 nitrogen and oxygen atoms in total. The van der Waals surface area contributed by atoms with Gasteiger partial charge in [-0.25, -0.2) is 0 Å². The third-order valence-electron chi connectivity index (χ3n) is 5.44. The van der Waals surface area contributed by atoms with E-state index in [9.17, 15) is 4.79 Å². The Kier molecular flexibility index (Phi) is 5.19. The summed E-state index contributed by atoms with van der Waals surface area (Å²) < 4.78 is 0. The van der Waals surface area contributed by atoms with Crippen molar-refractivity contribution in [3.8, 4) is 0 Å². The minimum Gasteiger partial charge on any atom is -0.335 e. The molecule has 0 radical (unpaired) electrons. The van der Waals surface area contributed by atoms with Gasteiger partial charge in [-0.15, -0.1) is 11.3 Å². The van der Waals surface area contributed by atoms with Crippen LogP contribution in [-0.4, -0.2) is 30.4 Å². The number of nitrogens with zero attached hydrogens (tertiary/aromatic N) is 1. The van der Waals surface area contributed by atoms with Gasteiger partial charge in [0, 0.05) is 17.8 Å². The third-order valence-corrected chi connectivity index (χ3v) is 6.43. The number of piperidine rings is 1. The van der Waals surface area contributed by atoms with Crippen molar-refractivity contribution >= 4 is 17.2 Å². The zero-order chi connectivity index (χ0) is 15.5. The maximum atomic E-state index is 12.9. The molecule has 1 fully saturated rings. The summed E-state index contributed by atoms with van der Waals surface area (Å²) in [7, 11) is 0. The number of rotatable bonds is 4. The lowest BCUT2D eigenvalue weighted by Gasteiger charge is -2.37. The van der Waals surface area contributed by atoms with Gasteiger partial charge in [-0.2, -0.15) is 0 Å². The minimum atomic E-state index is 0.305. The summed E-state index contributed by atoms with van der Waals surface area (Å²) in [5.74, 6) is 1.52. The first-order valence-electron chi connectivity index (χ1n) is 8.77.